The highest BCUT2D eigenvalue weighted by Gasteiger charge is 2.30. The highest BCUT2D eigenvalue weighted by Crippen LogP contribution is 2.52. The van der Waals surface area contributed by atoms with Crippen LogP contribution in [0.1, 0.15) is 0 Å². The first-order valence-corrected chi connectivity index (χ1v) is 16.9. The van der Waals surface area contributed by atoms with Crippen LogP contribution in [0.15, 0.2) is 154 Å². The summed E-state index contributed by atoms with van der Waals surface area (Å²) in [6.07, 6.45) is 0. The molecule has 10 aromatic rings. The standard InChI is InChI=1S/C43H24N2O2S/c1-2-9-25(10-3-1)43-44-41-31-19-20-35(30-13-8-14-32(40(30)31)42(41)47-43)45(26-17-21-37-33(23-26)28-11-4-6-15-36(28)46-37)27-18-22-39-34(24-27)29-12-5-7-16-38(29)48-39/h1-24H. The minimum Gasteiger partial charge on any atom is -0.456 e. The van der Waals surface area contributed by atoms with Crippen molar-refractivity contribution >= 4 is 81.3 Å². The summed E-state index contributed by atoms with van der Waals surface area (Å²) >= 11 is 1.84. The molecule has 3 aromatic heterocycles. The fourth-order valence-electron chi connectivity index (χ4n) is 7.50. The van der Waals surface area contributed by atoms with E-state index in [0.717, 1.165) is 77.9 Å². The van der Waals surface area contributed by atoms with Crippen LogP contribution in [0.5, 0.6) is 0 Å². The monoisotopic (exact) mass is 632 g/mol. The van der Waals surface area contributed by atoms with Crippen molar-refractivity contribution in [2.24, 2.45) is 0 Å². The summed E-state index contributed by atoms with van der Waals surface area (Å²) in [4.78, 5) is 7.40. The lowest BCUT2D eigenvalue weighted by Crippen LogP contribution is -2.10. The van der Waals surface area contributed by atoms with Crippen molar-refractivity contribution in [1.29, 1.82) is 0 Å². The van der Waals surface area contributed by atoms with E-state index in [9.17, 15) is 0 Å². The Kier molecular flexibility index (Phi) is 5.23. The molecule has 4 nitrogen and oxygen atoms in total. The molecule has 0 spiro atoms. The number of furan rings is 1. The Morgan fingerprint density at radius 3 is 2.15 bits per heavy atom. The van der Waals surface area contributed by atoms with E-state index in [1.54, 1.807) is 0 Å². The van der Waals surface area contributed by atoms with Crippen molar-refractivity contribution in [3.63, 3.8) is 0 Å². The molecule has 0 bridgehead atoms. The molecule has 0 saturated carbocycles. The molecule has 3 heterocycles. The van der Waals surface area contributed by atoms with Gasteiger partial charge in [-0.3, -0.25) is 0 Å². The predicted octanol–water partition coefficient (Wildman–Crippen LogP) is 12.9. The normalized spacial score (nSPS) is 12.2. The average Bonchev–Trinajstić information content (AvgIpc) is 3.90. The summed E-state index contributed by atoms with van der Waals surface area (Å²) in [5.41, 5.74) is 9.07. The summed E-state index contributed by atoms with van der Waals surface area (Å²) in [6.45, 7) is 0. The van der Waals surface area contributed by atoms with Gasteiger partial charge in [0.05, 0.1) is 5.69 Å². The third-order valence-electron chi connectivity index (χ3n) is 9.64. The first kappa shape index (κ1) is 26.0. The molecule has 1 aliphatic carbocycles. The van der Waals surface area contributed by atoms with Crippen LogP contribution >= 0.6 is 11.3 Å². The summed E-state index contributed by atoms with van der Waals surface area (Å²) in [5, 5.41) is 7.05. The van der Waals surface area contributed by atoms with E-state index in [1.807, 2.05) is 53.8 Å². The second-order valence-electron chi connectivity index (χ2n) is 12.3. The number of nitrogens with zero attached hydrogens (tertiary/aromatic N) is 2. The van der Waals surface area contributed by atoms with Gasteiger partial charge < -0.3 is 13.7 Å². The second-order valence-corrected chi connectivity index (χ2v) is 13.4. The van der Waals surface area contributed by atoms with Gasteiger partial charge in [-0.25, -0.2) is 4.98 Å². The van der Waals surface area contributed by atoms with Gasteiger partial charge in [0.25, 0.3) is 0 Å². The lowest BCUT2D eigenvalue weighted by atomic mass is 10.0. The Hall–Kier alpha value is -6.17. The minimum absolute atomic E-state index is 0.644. The topological polar surface area (TPSA) is 42.4 Å². The molecule has 0 saturated heterocycles. The van der Waals surface area contributed by atoms with Gasteiger partial charge in [0.2, 0.25) is 5.89 Å². The summed E-state index contributed by atoms with van der Waals surface area (Å²) in [7, 11) is 0. The van der Waals surface area contributed by atoms with Crippen molar-refractivity contribution < 1.29 is 8.83 Å². The highest BCUT2D eigenvalue weighted by molar-refractivity contribution is 7.25. The Morgan fingerprint density at radius 1 is 0.500 bits per heavy atom. The number of anilines is 3. The van der Waals surface area contributed by atoms with E-state index in [1.165, 1.54) is 20.2 Å². The van der Waals surface area contributed by atoms with E-state index < -0.39 is 0 Å². The highest BCUT2D eigenvalue weighted by atomic mass is 32.1. The molecule has 0 radical (unpaired) electrons. The maximum absolute atomic E-state index is 6.48. The number of fused-ring (bicyclic) bond motifs is 9. The number of hydrogen-bond donors (Lipinski definition) is 0. The van der Waals surface area contributed by atoms with Gasteiger partial charge in [-0.05, 0) is 72.8 Å². The molecule has 224 valence electrons. The first-order valence-electron chi connectivity index (χ1n) is 16.0. The summed E-state index contributed by atoms with van der Waals surface area (Å²) < 4.78 is 15.3. The van der Waals surface area contributed by atoms with Gasteiger partial charge in [0, 0.05) is 69.8 Å². The molecule has 11 rings (SSSR count). The van der Waals surface area contributed by atoms with Crippen LogP contribution in [0, 0.1) is 0 Å². The number of hydrogen-bond acceptors (Lipinski definition) is 5. The minimum atomic E-state index is 0.644. The number of rotatable bonds is 4. The van der Waals surface area contributed by atoms with Crippen molar-refractivity contribution in [2.45, 2.75) is 0 Å². The third kappa shape index (κ3) is 3.62. The predicted molar refractivity (Wildman–Crippen MR) is 199 cm³/mol. The van der Waals surface area contributed by atoms with Crippen molar-refractivity contribution in [3.8, 4) is 34.0 Å². The maximum Gasteiger partial charge on any atom is 0.227 e. The van der Waals surface area contributed by atoms with Crippen molar-refractivity contribution in [3.05, 3.63) is 146 Å². The SMILES string of the molecule is c1ccc(-c2nc3c(o2)-c2cccc4c(N(c5ccc6oc7ccccc7c6c5)c5ccc6sc7ccccc7c6c5)ccc-3c24)cc1. The van der Waals surface area contributed by atoms with E-state index in [0.29, 0.717) is 5.89 Å². The second kappa shape index (κ2) is 9.67. The van der Waals surface area contributed by atoms with Crippen LogP contribution < -0.4 is 4.90 Å². The molecular weight excluding hydrogens is 609 g/mol. The quantitative estimate of drug-likeness (QED) is 0.194. The zero-order valence-corrected chi connectivity index (χ0v) is 26.3. The van der Waals surface area contributed by atoms with Crippen LogP contribution in [0.3, 0.4) is 0 Å². The fourth-order valence-corrected chi connectivity index (χ4v) is 8.58. The fraction of sp³-hybridized carbons (Fsp3) is 0. The van der Waals surface area contributed by atoms with E-state index >= 15 is 0 Å². The number of para-hydroxylation sites is 1. The van der Waals surface area contributed by atoms with Crippen LogP contribution in [0.4, 0.5) is 17.1 Å². The number of thiophene rings is 1. The average molecular weight is 633 g/mol. The summed E-state index contributed by atoms with van der Waals surface area (Å²) in [6, 6.07) is 51.4. The van der Waals surface area contributed by atoms with Crippen molar-refractivity contribution in [2.75, 3.05) is 4.90 Å². The molecule has 5 heteroatoms. The van der Waals surface area contributed by atoms with Gasteiger partial charge in [0.15, 0.2) is 5.76 Å². The van der Waals surface area contributed by atoms with Crippen LogP contribution in [-0.4, -0.2) is 4.98 Å². The molecule has 0 atom stereocenters. The van der Waals surface area contributed by atoms with Gasteiger partial charge in [-0.15, -0.1) is 11.3 Å². The van der Waals surface area contributed by atoms with Crippen LogP contribution in [-0.2, 0) is 0 Å². The van der Waals surface area contributed by atoms with Crippen LogP contribution in [0.25, 0.3) is 86.9 Å². The van der Waals surface area contributed by atoms with E-state index in [-0.39, 0.29) is 0 Å². The molecule has 1 aliphatic rings. The van der Waals surface area contributed by atoms with Crippen molar-refractivity contribution in [1.82, 2.24) is 4.98 Å². The number of oxazole rings is 1. The number of aromatic nitrogens is 1. The van der Waals surface area contributed by atoms with Gasteiger partial charge in [-0.1, -0.05) is 72.8 Å². The van der Waals surface area contributed by atoms with Crippen LogP contribution in [0.2, 0.25) is 0 Å². The lowest BCUT2D eigenvalue weighted by molar-refractivity contribution is 0.590. The molecule has 0 aliphatic heterocycles. The Balaban J connectivity index is 1.16. The molecule has 0 fully saturated rings. The van der Waals surface area contributed by atoms with E-state index in [4.69, 9.17) is 13.8 Å². The molecule has 48 heavy (non-hydrogen) atoms. The Morgan fingerprint density at radius 2 is 1.23 bits per heavy atom. The number of benzene rings is 7. The van der Waals surface area contributed by atoms with Gasteiger partial charge in [-0.2, -0.15) is 0 Å². The van der Waals surface area contributed by atoms with Gasteiger partial charge in [0.1, 0.15) is 16.9 Å². The Labute approximate surface area is 278 Å². The maximum atomic E-state index is 6.48. The molecule has 0 unspecified atom stereocenters. The smallest absolute Gasteiger partial charge is 0.227 e. The lowest BCUT2D eigenvalue weighted by Gasteiger charge is -2.27. The largest absolute Gasteiger partial charge is 0.456 e. The molecular formula is C43H24N2O2S. The van der Waals surface area contributed by atoms with Gasteiger partial charge >= 0.3 is 0 Å². The summed E-state index contributed by atoms with van der Waals surface area (Å²) in [5.74, 6) is 1.47. The zero-order chi connectivity index (χ0) is 31.3. The molecule has 7 aromatic carbocycles. The molecule has 0 N–H and O–H groups in total. The zero-order valence-electron chi connectivity index (χ0n) is 25.5. The first-order chi connectivity index (χ1) is 23.8. The Bertz CT molecular complexity index is 2770. The molecule has 0 amide bonds. The van der Waals surface area contributed by atoms with E-state index in [2.05, 4.69) is 108 Å². The third-order valence-corrected chi connectivity index (χ3v) is 10.8.